The van der Waals surface area contributed by atoms with E-state index in [9.17, 15) is 14.4 Å². The maximum Gasteiger partial charge on any atom is 0.293 e. The highest BCUT2D eigenvalue weighted by Gasteiger charge is 2.38. The molecule has 1 atom stereocenters. The molecule has 0 fully saturated rings. The fourth-order valence-electron chi connectivity index (χ4n) is 4.93. The zero-order chi connectivity index (χ0) is 26.9. The van der Waals surface area contributed by atoms with Gasteiger partial charge in [-0.3, -0.25) is 14.4 Å². The van der Waals surface area contributed by atoms with Crippen LogP contribution in [-0.2, 0) is 27.8 Å². The Kier molecular flexibility index (Phi) is 7.31. The molecule has 0 aliphatic carbocycles. The molecule has 1 aliphatic heterocycles. The Bertz CT molecular complexity index is 1370. The summed E-state index contributed by atoms with van der Waals surface area (Å²) in [6, 6.07) is 7.40. The standard InChI is InChI=1S/C27H28F2N2O6/c1-27(2,14-35-3)24-19(28)9-15(10-20(24)29)11-21(32)25-18-6-5-17(36-4)12-16(18)7-8-31(25)26(34)22-13-23(33)30-37-22/h5-6,9-10,12-13,25H,7-8,11,14H2,1-4H3,(H,30,33)/t25-/m1/s1. The van der Waals surface area contributed by atoms with E-state index in [-0.39, 0.29) is 36.5 Å². The van der Waals surface area contributed by atoms with E-state index in [4.69, 9.17) is 14.0 Å². The Morgan fingerprint density at radius 2 is 1.84 bits per heavy atom. The Hall–Kier alpha value is -3.79. The van der Waals surface area contributed by atoms with Crippen LogP contribution in [0.25, 0.3) is 0 Å². The lowest BCUT2D eigenvalue weighted by atomic mass is 9.83. The minimum atomic E-state index is -1.06. The van der Waals surface area contributed by atoms with Gasteiger partial charge in [-0.15, -0.1) is 0 Å². The first kappa shape index (κ1) is 26.3. The van der Waals surface area contributed by atoms with Crippen LogP contribution in [0.15, 0.2) is 45.7 Å². The second kappa shape index (κ2) is 10.3. The van der Waals surface area contributed by atoms with Gasteiger partial charge in [0.1, 0.15) is 23.4 Å². The van der Waals surface area contributed by atoms with Gasteiger partial charge in [-0.2, -0.15) is 5.16 Å². The predicted octanol–water partition coefficient (Wildman–Crippen LogP) is 3.73. The molecule has 1 N–H and O–H groups in total. The molecule has 0 spiro atoms. The van der Waals surface area contributed by atoms with Gasteiger partial charge in [0.15, 0.2) is 5.78 Å². The number of ether oxygens (including phenoxy) is 2. The highest BCUT2D eigenvalue weighted by atomic mass is 19.1. The SMILES string of the molecule is COCC(C)(C)c1c(F)cc(CC(=O)[C@H]2c3ccc(OC)cc3CCN2C(=O)c2cc(=O)[nH]o2)cc1F. The number of fused-ring (bicyclic) bond motifs is 1. The molecule has 196 valence electrons. The molecule has 1 aromatic heterocycles. The van der Waals surface area contributed by atoms with Crippen LogP contribution in [0.5, 0.6) is 5.75 Å². The molecule has 0 radical (unpaired) electrons. The summed E-state index contributed by atoms with van der Waals surface area (Å²) in [4.78, 5) is 39.7. The lowest BCUT2D eigenvalue weighted by Gasteiger charge is -2.36. The summed E-state index contributed by atoms with van der Waals surface area (Å²) in [5.41, 5.74) is -0.112. The molecule has 2 heterocycles. The summed E-state index contributed by atoms with van der Waals surface area (Å²) in [7, 11) is 2.98. The van der Waals surface area contributed by atoms with Gasteiger partial charge in [0, 0.05) is 31.1 Å². The number of carbonyl (C=O) groups excluding carboxylic acids is 2. The molecule has 0 bridgehead atoms. The Morgan fingerprint density at radius 3 is 2.43 bits per heavy atom. The van der Waals surface area contributed by atoms with Crippen LogP contribution < -0.4 is 10.3 Å². The number of rotatable bonds is 8. The number of Topliss-reactive ketones (excluding diaryl/α,β-unsaturated/α-hetero) is 1. The van der Waals surface area contributed by atoms with Crippen molar-refractivity contribution in [2.75, 3.05) is 27.4 Å². The number of halogens is 2. The maximum atomic E-state index is 15.0. The number of aromatic amines is 1. The predicted molar refractivity (Wildman–Crippen MR) is 130 cm³/mol. The highest BCUT2D eigenvalue weighted by molar-refractivity contribution is 5.97. The van der Waals surface area contributed by atoms with Crippen molar-refractivity contribution in [2.24, 2.45) is 0 Å². The summed E-state index contributed by atoms with van der Waals surface area (Å²) in [6.45, 7) is 3.60. The Morgan fingerprint density at radius 1 is 1.14 bits per heavy atom. The number of ketones is 1. The van der Waals surface area contributed by atoms with Crippen molar-refractivity contribution >= 4 is 11.7 Å². The van der Waals surface area contributed by atoms with Gasteiger partial charge in [-0.1, -0.05) is 19.9 Å². The maximum absolute atomic E-state index is 15.0. The normalized spacial score (nSPS) is 15.4. The average molecular weight is 515 g/mol. The third-order valence-corrected chi connectivity index (χ3v) is 6.54. The monoisotopic (exact) mass is 514 g/mol. The first-order valence-electron chi connectivity index (χ1n) is 11.7. The second-order valence-corrected chi connectivity index (χ2v) is 9.69. The molecule has 3 aromatic rings. The average Bonchev–Trinajstić information content (AvgIpc) is 3.27. The summed E-state index contributed by atoms with van der Waals surface area (Å²) >= 11 is 0. The van der Waals surface area contributed by atoms with Crippen LogP contribution in [0.3, 0.4) is 0 Å². The number of hydrogen-bond donors (Lipinski definition) is 1. The van der Waals surface area contributed by atoms with Crippen LogP contribution in [0.1, 0.15) is 52.7 Å². The summed E-state index contributed by atoms with van der Waals surface area (Å²) in [6.07, 6.45) is 0.110. The van der Waals surface area contributed by atoms with E-state index in [1.54, 1.807) is 32.0 Å². The van der Waals surface area contributed by atoms with E-state index in [1.807, 2.05) is 0 Å². The number of carbonyl (C=O) groups is 2. The molecule has 4 rings (SSSR count). The largest absolute Gasteiger partial charge is 0.497 e. The van der Waals surface area contributed by atoms with Crippen molar-refractivity contribution in [1.82, 2.24) is 10.1 Å². The van der Waals surface area contributed by atoms with Gasteiger partial charge in [-0.25, -0.2) is 8.78 Å². The number of hydrogen-bond acceptors (Lipinski definition) is 6. The number of nitrogens with one attached hydrogen (secondary N) is 1. The highest BCUT2D eigenvalue weighted by Crippen LogP contribution is 2.35. The van der Waals surface area contributed by atoms with E-state index in [0.29, 0.717) is 17.7 Å². The Balaban J connectivity index is 1.70. The summed E-state index contributed by atoms with van der Waals surface area (Å²) in [5, 5.41) is 2.07. The number of benzene rings is 2. The van der Waals surface area contributed by atoms with E-state index >= 15 is 8.78 Å². The molecule has 1 aliphatic rings. The number of amides is 1. The third-order valence-electron chi connectivity index (χ3n) is 6.54. The smallest absolute Gasteiger partial charge is 0.293 e. The van der Waals surface area contributed by atoms with E-state index in [0.717, 1.165) is 23.8 Å². The van der Waals surface area contributed by atoms with Crippen LogP contribution in [0.4, 0.5) is 8.78 Å². The van der Waals surface area contributed by atoms with Crippen molar-refractivity contribution in [3.8, 4) is 5.75 Å². The zero-order valence-corrected chi connectivity index (χ0v) is 21.0. The van der Waals surface area contributed by atoms with Gasteiger partial charge in [0.25, 0.3) is 11.5 Å². The molecule has 37 heavy (non-hydrogen) atoms. The van der Waals surface area contributed by atoms with Gasteiger partial charge >= 0.3 is 0 Å². The fraction of sp³-hybridized carbons (Fsp3) is 0.370. The van der Waals surface area contributed by atoms with E-state index in [2.05, 4.69) is 5.16 Å². The molecule has 0 saturated heterocycles. The van der Waals surface area contributed by atoms with Crippen LogP contribution in [0.2, 0.25) is 0 Å². The number of nitrogens with zero attached hydrogens (tertiary/aromatic N) is 1. The second-order valence-electron chi connectivity index (χ2n) is 9.69. The molecule has 0 saturated carbocycles. The molecule has 10 heteroatoms. The topological polar surface area (TPSA) is 102 Å². The number of methoxy groups -OCH3 is 2. The van der Waals surface area contributed by atoms with Gasteiger partial charge < -0.3 is 18.9 Å². The van der Waals surface area contributed by atoms with Crippen LogP contribution in [0, 0.1) is 11.6 Å². The van der Waals surface area contributed by atoms with Gasteiger partial charge in [0.2, 0.25) is 5.76 Å². The first-order valence-corrected chi connectivity index (χ1v) is 11.7. The van der Waals surface area contributed by atoms with E-state index < -0.39 is 40.3 Å². The van der Waals surface area contributed by atoms with E-state index in [1.165, 1.54) is 19.1 Å². The zero-order valence-electron chi connectivity index (χ0n) is 21.0. The van der Waals surface area contributed by atoms with Gasteiger partial charge in [0.05, 0.1) is 19.8 Å². The molecule has 0 unspecified atom stereocenters. The van der Waals surface area contributed by atoms with Gasteiger partial charge in [-0.05, 0) is 47.4 Å². The van der Waals surface area contributed by atoms with Crippen LogP contribution in [-0.4, -0.2) is 49.1 Å². The van der Waals surface area contributed by atoms with Crippen LogP contribution >= 0.6 is 0 Å². The lowest BCUT2D eigenvalue weighted by molar-refractivity contribution is -0.123. The summed E-state index contributed by atoms with van der Waals surface area (Å²) < 4.78 is 45.5. The van der Waals surface area contributed by atoms with Crippen molar-refractivity contribution in [2.45, 2.75) is 38.1 Å². The molecular formula is C27H28F2N2O6. The molecular weight excluding hydrogens is 486 g/mol. The Labute approximate surface area is 212 Å². The number of H-pyrrole nitrogens is 1. The lowest BCUT2D eigenvalue weighted by Crippen LogP contribution is -2.44. The van der Waals surface area contributed by atoms with Crippen molar-refractivity contribution in [3.05, 3.63) is 86.4 Å². The third kappa shape index (κ3) is 5.20. The van der Waals surface area contributed by atoms with Crippen molar-refractivity contribution in [3.63, 3.8) is 0 Å². The molecule has 1 amide bonds. The first-order chi connectivity index (χ1) is 17.6. The quantitative estimate of drug-likeness (QED) is 0.492. The fourth-order valence-corrected chi connectivity index (χ4v) is 4.93. The molecule has 2 aromatic carbocycles. The number of aromatic nitrogens is 1. The van der Waals surface area contributed by atoms with Crippen molar-refractivity contribution in [1.29, 1.82) is 0 Å². The molecule has 8 nitrogen and oxygen atoms in total. The minimum Gasteiger partial charge on any atom is -0.497 e. The summed E-state index contributed by atoms with van der Waals surface area (Å²) in [5.74, 6) is -2.28. The minimum absolute atomic E-state index is 0.105. The van der Waals surface area contributed by atoms with Crippen molar-refractivity contribution < 1.29 is 32.4 Å².